The lowest BCUT2D eigenvalue weighted by atomic mass is 9.90. The lowest BCUT2D eigenvalue weighted by molar-refractivity contribution is 0.0965. The van der Waals surface area contributed by atoms with Gasteiger partial charge in [-0.1, -0.05) is 25.4 Å². The summed E-state index contributed by atoms with van der Waals surface area (Å²) < 4.78 is 1.92. The average Bonchev–Trinajstić information content (AvgIpc) is 2.66. The summed E-state index contributed by atoms with van der Waals surface area (Å²) in [5, 5.41) is 5.32. The number of aryl methyl sites for hydroxylation is 2. The van der Waals surface area contributed by atoms with Crippen molar-refractivity contribution in [2.24, 2.45) is 18.7 Å². The number of halogens is 1. The molecule has 0 radical (unpaired) electrons. The second-order valence-electron chi connectivity index (χ2n) is 5.58. The van der Waals surface area contributed by atoms with E-state index in [9.17, 15) is 0 Å². The third-order valence-corrected chi connectivity index (χ3v) is 4.76. The molecule has 1 fully saturated rings. The SMILES string of the molecule is CCc1nn(C)c(CN2CCCC(C)C2CN)c1Cl. The Morgan fingerprint density at radius 2 is 2.21 bits per heavy atom. The minimum atomic E-state index is 0.463. The highest BCUT2D eigenvalue weighted by Crippen LogP contribution is 2.27. The third kappa shape index (κ3) is 2.96. The Morgan fingerprint density at radius 1 is 1.47 bits per heavy atom. The van der Waals surface area contributed by atoms with Gasteiger partial charge in [-0.25, -0.2) is 0 Å². The molecule has 1 aromatic heterocycles. The van der Waals surface area contributed by atoms with E-state index in [1.165, 1.54) is 12.8 Å². The van der Waals surface area contributed by atoms with E-state index in [1.807, 2.05) is 11.7 Å². The highest BCUT2D eigenvalue weighted by Gasteiger charge is 2.28. The van der Waals surface area contributed by atoms with Crippen LogP contribution >= 0.6 is 11.6 Å². The van der Waals surface area contributed by atoms with Crippen molar-refractivity contribution in [2.45, 2.75) is 45.7 Å². The summed E-state index contributed by atoms with van der Waals surface area (Å²) >= 11 is 6.44. The van der Waals surface area contributed by atoms with E-state index in [4.69, 9.17) is 17.3 Å². The van der Waals surface area contributed by atoms with E-state index in [2.05, 4.69) is 23.8 Å². The third-order valence-electron chi connectivity index (χ3n) is 4.33. The topological polar surface area (TPSA) is 47.1 Å². The minimum Gasteiger partial charge on any atom is -0.329 e. The molecule has 1 saturated heterocycles. The van der Waals surface area contributed by atoms with Crippen LogP contribution in [0.15, 0.2) is 0 Å². The Labute approximate surface area is 120 Å². The van der Waals surface area contributed by atoms with Crippen LogP contribution in [-0.2, 0) is 20.0 Å². The van der Waals surface area contributed by atoms with Crippen LogP contribution in [0.5, 0.6) is 0 Å². The fraction of sp³-hybridized carbons (Fsp3) is 0.786. The zero-order valence-corrected chi connectivity index (χ0v) is 13.0. The summed E-state index contributed by atoms with van der Waals surface area (Å²) in [6, 6.07) is 0.463. The summed E-state index contributed by atoms with van der Waals surface area (Å²) in [7, 11) is 1.98. The van der Waals surface area contributed by atoms with E-state index in [-0.39, 0.29) is 0 Å². The van der Waals surface area contributed by atoms with Crippen LogP contribution in [0.3, 0.4) is 0 Å². The molecule has 5 heteroatoms. The first kappa shape index (κ1) is 14.8. The minimum absolute atomic E-state index is 0.463. The molecule has 1 aliphatic rings. The Bertz CT molecular complexity index is 429. The van der Waals surface area contributed by atoms with Crippen molar-refractivity contribution in [1.82, 2.24) is 14.7 Å². The lowest BCUT2D eigenvalue weighted by Gasteiger charge is -2.39. The number of likely N-dealkylation sites (tertiary alicyclic amines) is 1. The number of piperidine rings is 1. The van der Waals surface area contributed by atoms with Crippen LogP contribution in [0.4, 0.5) is 0 Å². The van der Waals surface area contributed by atoms with Gasteiger partial charge in [0.05, 0.1) is 16.4 Å². The van der Waals surface area contributed by atoms with Gasteiger partial charge in [0, 0.05) is 26.2 Å². The molecule has 0 spiro atoms. The van der Waals surface area contributed by atoms with Crippen LogP contribution in [-0.4, -0.2) is 33.8 Å². The zero-order chi connectivity index (χ0) is 14.0. The molecule has 108 valence electrons. The molecule has 0 bridgehead atoms. The van der Waals surface area contributed by atoms with E-state index in [0.29, 0.717) is 12.0 Å². The van der Waals surface area contributed by atoms with E-state index in [1.54, 1.807) is 0 Å². The fourth-order valence-electron chi connectivity index (χ4n) is 3.10. The molecular formula is C14H25ClN4. The van der Waals surface area contributed by atoms with Crippen LogP contribution < -0.4 is 5.73 Å². The molecule has 2 rings (SSSR count). The predicted octanol–water partition coefficient (Wildman–Crippen LogP) is 2.20. The maximum Gasteiger partial charge on any atom is 0.0863 e. The number of hydrogen-bond donors (Lipinski definition) is 1. The number of hydrogen-bond acceptors (Lipinski definition) is 3. The molecular weight excluding hydrogens is 260 g/mol. The van der Waals surface area contributed by atoms with E-state index in [0.717, 1.165) is 42.5 Å². The average molecular weight is 285 g/mol. The number of aromatic nitrogens is 2. The first-order valence-electron chi connectivity index (χ1n) is 7.22. The summed E-state index contributed by atoms with van der Waals surface area (Å²) in [5.41, 5.74) is 8.06. The molecule has 19 heavy (non-hydrogen) atoms. The van der Waals surface area contributed by atoms with Crippen LogP contribution in [0.1, 0.15) is 38.1 Å². The molecule has 2 N–H and O–H groups in total. The molecule has 1 aromatic rings. The van der Waals surface area contributed by atoms with Gasteiger partial charge in [-0.15, -0.1) is 0 Å². The molecule has 2 unspecified atom stereocenters. The molecule has 1 aliphatic heterocycles. The largest absolute Gasteiger partial charge is 0.329 e. The lowest BCUT2D eigenvalue weighted by Crippen LogP contribution is -2.48. The molecule has 0 aliphatic carbocycles. The van der Waals surface area contributed by atoms with Crippen molar-refractivity contribution in [3.63, 3.8) is 0 Å². The van der Waals surface area contributed by atoms with Crippen molar-refractivity contribution in [2.75, 3.05) is 13.1 Å². The van der Waals surface area contributed by atoms with Gasteiger partial charge in [0.15, 0.2) is 0 Å². The number of nitrogens with zero attached hydrogens (tertiary/aromatic N) is 3. The second kappa shape index (κ2) is 6.25. The van der Waals surface area contributed by atoms with Gasteiger partial charge < -0.3 is 5.73 Å². The Hall–Kier alpha value is -0.580. The predicted molar refractivity (Wildman–Crippen MR) is 79.2 cm³/mol. The molecule has 0 aromatic carbocycles. The van der Waals surface area contributed by atoms with E-state index < -0.39 is 0 Å². The quantitative estimate of drug-likeness (QED) is 0.922. The van der Waals surface area contributed by atoms with Crippen LogP contribution in [0.2, 0.25) is 5.02 Å². The summed E-state index contributed by atoms with van der Waals surface area (Å²) in [6.07, 6.45) is 3.40. The van der Waals surface area contributed by atoms with Gasteiger partial charge in [0.1, 0.15) is 0 Å². The second-order valence-corrected chi connectivity index (χ2v) is 5.96. The molecule has 0 saturated carbocycles. The first-order valence-corrected chi connectivity index (χ1v) is 7.60. The smallest absolute Gasteiger partial charge is 0.0863 e. The van der Waals surface area contributed by atoms with Crippen LogP contribution in [0.25, 0.3) is 0 Å². The maximum absolute atomic E-state index is 6.44. The number of nitrogens with two attached hydrogens (primary N) is 1. The Kier molecular flexibility index (Phi) is 4.87. The van der Waals surface area contributed by atoms with Gasteiger partial charge in [-0.3, -0.25) is 9.58 Å². The van der Waals surface area contributed by atoms with Crippen molar-refractivity contribution < 1.29 is 0 Å². The van der Waals surface area contributed by atoms with Gasteiger partial charge in [0.25, 0.3) is 0 Å². The van der Waals surface area contributed by atoms with Gasteiger partial charge in [-0.05, 0) is 31.7 Å². The monoisotopic (exact) mass is 284 g/mol. The summed E-state index contributed by atoms with van der Waals surface area (Å²) in [6.45, 7) is 7.07. The van der Waals surface area contributed by atoms with Crippen molar-refractivity contribution in [3.05, 3.63) is 16.4 Å². The number of rotatable bonds is 4. The Balaban J connectivity index is 2.18. The van der Waals surface area contributed by atoms with Crippen molar-refractivity contribution in [1.29, 1.82) is 0 Å². The molecule has 2 atom stereocenters. The summed E-state index contributed by atoms with van der Waals surface area (Å²) in [4.78, 5) is 2.47. The van der Waals surface area contributed by atoms with E-state index >= 15 is 0 Å². The van der Waals surface area contributed by atoms with Gasteiger partial charge >= 0.3 is 0 Å². The van der Waals surface area contributed by atoms with Crippen molar-refractivity contribution >= 4 is 11.6 Å². The van der Waals surface area contributed by atoms with Crippen molar-refractivity contribution in [3.8, 4) is 0 Å². The van der Waals surface area contributed by atoms with Gasteiger partial charge in [0.2, 0.25) is 0 Å². The highest BCUT2D eigenvalue weighted by atomic mass is 35.5. The molecule has 4 nitrogen and oxygen atoms in total. The highest BCUT2D eigenvalue weighted by molar-refractivity contribution is 6.31. The normalized spacial score (nSPS) is 24.9. The molecule has 2 heterocycles. The summed E-state index contributed by atoms with van der Waals surface area (Å²) in [5.74, 6) is 0.663. The first-order chi connectivity index (χ1) is 9.08. The standard InChI is InChI=1S/C14H25ClN4/c1-4-11-14(15)13(18(3)17-11)9-19-7-5-6-10(2)12(19)8-16/h10,12H,4-9,16H2,1-3H3. The Morgan fingerprint density at radius 3 is 2.79 bits per heavy atom. The maximum atomic E-state index is 6.44. The van der Waals surface area contributed by atoms with Gasteiger partial charge in [-0.2, -0.15) is 5.10 Å². The fourth-order valence-corrected chi connectivity index (χ4v) is 3.45. The van der Waals surface area contributed by atoms with Crippen LogP contribution in [0, 0.1) is 5.92 Å². The zero-order valence-electron chi connectivity index (χ0n) is 12.2. The molecule has 0 amide bonds.